The number of carboxylic acids is 1. The molecule has 1 saturated carbocycles. The first kappa shape index (κ1) is 15.0. The summed E-state index contributed by atoms with van der Waals surface area (Å²) in [6.45, 7) is 1.90. The fraction of sp³-hybridized carbons (Fsp3) is 0.500. The minimum absolute atomic E-state index is 0.0351. The zero-order valence-corrected chi connectivity index (χ0v) is 12.2. The van der Waals surface area contributed by atoms with E-state index in [1.165, 1.54) is 30.7 Å². The van der Waals surface area contributed by atoms with Crippen molar-refractivity contribution in [1.29, 1.82) is 0 Å². The van der Waals surface area contributed by atoms with Crippen LogP contribution in [0.5, 0.6) is 0 Å². The third-order valence-corrected chi connectivity index (χ3v) is 5.22. The lowest BCUT2D eigenvalue weighted by molar-refractivity contribution is 0.0697. The molecule has 0 heterocycles. The number of benzene rings is 1. The Balaban J connectivity index is 1.98. The minimum Gasteiger partial charge on any atom is -0.478 e. The Morgan fingerprint density at radius 3 is 2.40 bits per heavy atom. The van der Waals surface area contributed by atoms with E-state index in [2.05, 4.69) is 4.72 Å². The molecule has 1 aromatic rings. The molecule has 0 saturated heterocycles. The van der Waals surface area contributed by atoms with E-state index in [1.807, 2.05) is 6.92 Å². The summed E-state index contributed by atoms with van der Waals surface area (Å²) in [6, 6.07) is 5.88. The third-order valence-electron chi connectivity index (χ3n) is 3.78. The van der Waals surface area contributed by atoms with E-state index in [9.17, 15) is 13.2 Å². The number of carbonyl (C=O) groups is 1. The predicted octanol–water partition coefficient (Wildman–Crippen LogP) is 1.99. The average molecular weight is 297 g/mol. The molecule has 0 bridgehead atoms. The van der Waals surface area contributed by atoms with E-state index >= 15 is 0 Å². The molecule has 2 rings (SSSR count). The first-order chi connectivity index (χ1) is 9.37. The Bertz CT molecular complexity index is 576. The fourth-order valence-electron chi connectivity index (χ4n) is 2.32. The summed E-state index contributed by atoms with van der Waals surface area (Å²) >= 11 is 0. The number of aromatic carboxylic acids is 1. The molecule has 0 radical (unpaired) electrons. The second-order valence-electron chi connectivity index (χ2n) is 5.36. The topological polar surface area (TPSA) is 83.5 Å². The minimum atomic E-state index is -3.39. The first-order valence-electron chi connectivity index (χ1n) is 6.69. The molecule has 1 unspecified atom stereocenters. The Labute approximate surface area is 119 Å². The van der Waals surface area contributed by atoms with Crippen LogP contribution in [0.2, 0.25) is 0 Å². The molecule has 5 nitrogen and oxygen atoms in total. The summed E-state index contributed by atoms with van der Waals surface area (Å²) in [5.74, 6) is -0.695. The Hall–Kier alpha value is -1.40. The maximum absolute atomic E-state index is 12.0. The molecular weight excluding hydrogens is 278 g/mol. The van der Waals surface area contributed by atoms with Gasteiger partial charge in [0.05, 0.1) is 11.3 Å². The predicted molar refractivity (Wildman–Crippen MR) is 76.0 cm³/mol. The van der Waals surface area contributed by atoms with Crippen molar-refractivity contribution in [3.63, 3.8) is 0 Å². The number of hydrogen-bond donors (Lipinski definition) is 2. The number of rotatable bonds is 6. The lowest BCUT2D eigenvalue weighted by Gasteiger charge is -2.31. The van der Waals surface area contributed by atoms with Crippen LogP contribution in [0, 0.1) is 5.92 Å². The van der Waals surface area contributed by atoms with Crippen molar-refractivity contribution in [2.24, 2.45) is 5.92 Å². The van der Waals surface area contributed by atoms with Crippen LogP contribution in [-0.2, 0) is 15.8 Å². The molecule has 110 valence electrons. The van der Waals surface area contributed by atoms with Crippen LogP contribution in [0.3, 0.4) is 0 Å². The molecule has 1 fully saturated rings. The van der Waals surface area contributed by atoms with Gasteiger partial charge in [-0.05, 0) is 43.4 Å². The molecular formula is C14H19NO4S. The van der Waals surface area contributed by atoms with E-state index < -0.39 is 16.0 Å². The van der Waals surface area contributed by atoms with Crippen molar-refractivity contribution >= 4 is 16.0 Å². The van der Waals surface area contributed by atoms with Crippen molar-refractivity contribution < 1.29 is 18.3 Å². The smallest absolute Gasteiger partial charge is 0.335 e. The monoisotopic (exact) mass is 297 g/mol. The Morgan fingerprint density at radius 2 is 1.95 bits per heavy atom. The molecule has 20 heavy (non-hydrogen) atoms. The van der Waals surface area contributed by atoms with Gasteiger partial charge in [-0.2, -0.15) is 0 Å². The summed E-state index contributed by atoms with van der Waals surface area (Å²) in [5.41, 5.74) is 0.741. The molecule has 0 aromatic heterocycles. The van der Waals surface area contributed by atoms with Gasteiger partial charge in [0.2, 0.25) is 10.0 Å². The number of carboxylic acid groups (broad SMARTS) is 1. The van der Waals surface area contributed by atoms with Crippen LogP contribution in [0.25, 0.3) is 0 Å². The second kappa shape index (κ2) is 5.93. The van der Waals surface area contributed by atoms with Gasteiger partial charge in [-0.15, -0.1) is 0 Å². The zero-order chi connectivity index (χ0) is 14.8. The molecule has 0 amide bonds. The van der Waals surface area contributed by atoms with Gasteiger partial charge < -0.3 is 5.11 Å². The largest absolute Gasteiger partial charge is 0.478 e. The van der Waals surface area contributed by atoms with E-state index in [0.717, 1.165) is 12.8 Å². The molecule has 1 aliphatic rings. The zero-order valence-electron chi connectivity index (χ0n) is 11.4. The van der Waals surface area contributed by atoms with Crippen molar-refractivity contribution in [3.05, 3.63) is 35.4 Å². The summed E-state index contributed by atoms with van der Waals surface area (Å²) in [6.07, 6.45) is 3.33. The molecule has 6 heteroatoms. The van der Waals surface area contributed by atoms with E-state index in [1.54, 1.807) is 0 Å². The van der Waals surface area contributed by atoms with Crippen LogP contribution in [-0.4, -0.2) is 25.5 Å². The molecule has 0 spiro atoms. The summed E-state index contributed by atoms with van der Waals surface area (Å²) in [5, 5.41) is 8.79. The van der Waals surface area contributed by atoms with Crippen molar-refractivity contribution in [1.82, 2.24) is 4.72 Å². The van der Waals surface area contributed by atoms with Crippen molar-refractivity contribution in [2.75, 3.05) is 0 Å². The van der Waals surface area contributed by atoms with Crippen molar-refractivity contribution in [3.8, 4) is 0 Å². The summed E-state index contributed by atoms with van der Waals surface area (Å²) in [7, 11) is -3.39. The van der Waals surface area contributed by atoms with Crippen LogP contribution in [0.1, 0.15) is 42.1 Å². The van der Waals surface area contributed by atoms with Crippen molar-refractivity contribution in [2.45, 2.75) is 38.0 Å². The second-order valence-corrected chi connectivity index (χ2v) is 7.11. The molecule has 1 atom stereocenters. The Morgan fingerprint density at radius 1 is 1.35 bits per heavy atom. The van der Waals surface area contributed by atoms with Crippen LogP contribution in [0.4, 0.5) is 0 Å². The SMILES string of the molecule is CC(NS(=O)(=O)Cc1ccc(C(=O)O)cc1)C1CCC1. The lowest BCUT2D eigenvalue weighted by atomic mass is 9.81. The number of nitrogens with one attached hydrogen (secondary N) is 1. The summed E-state index contributed by atoms with van der Waals surface area (Å²) < 4.78 is 26.8. The van der Waals surface area contributed by atoms with E-state index in [4.69, 9.17) is 5.11 Å². The highest BCUT2D eigenvalue weighted by molar-refractivity contribution is 7.88. The maximum Gasteiger partial charge on any atom is 0.335 e. The van der Waals surface area contributed by atoms with Crippen LogP contribution in [0.15, 0.2) is 24.3 Å². The number of hydrogen-bond acceptors (Lipinski definition) is 3. The van der Waals surface area contributed by atoms with Gasteiger partial charge in [0, 0.05) is 6.04 Å². The van der Waals surface area contributed by atoms with Crippen LogP contribution < -0.4 is 4.72 Å². The van der Waals surface area contributed by atoms with Gasteiger partial charge in [0.1, 0.15) is 0 Å². The van der Waals surface area contributed by atoms with E-state index in [0.29, 0.717) is 11.5 Å². The molecule has 1 aromatic carbocycles. The third kappa shape index (κ3) is 3.80. The first-order valence-corrected chi connectivity index (χ1v) is 8.35. The molecule has 2 N–H and O–H groups in total. The van der Waals surface area contributed by atoms with Gasteiger partial charge in [-0.1, -0.05) is 18.6 Å². The normalized spacial score (nSPS) is 17.4. The maximum atomic E-state index is 12.0. The van der Waals surface area contributed by atoms with E-state index in [-0.39, 0.29) is 17.4 Å². The highest BCUT2D eigenvalue weighted by atomic mass is 32.2. The lowest BCUT2D eigenvalue weighted by Crippen LogP contribution is -2.41. The average Bonchev–Trinajstić information content (AvgIpc) is 2.25. The summed E-state index contributed by atoms with van der Waals surface area (Å²) in [4.78, 5) is 10.7. The standard InChI is InChI=1S/C14H19NO4S/c1-10(12-3-2-4-12)15-20(18,19)9-11-5-7-13(8-6-11)14(16)17/h5-8,10,12,15H,2-4,9H2,1H3,(H,16,17). The Kier molecular flexibility index (Phi) is 4.45. The molecule has 1 aliphatic carbocycles. The van der Waals surface area contributed by atoms with Gasteiger partial charge >= 0.3 is 5.97 Å². The number of sulfonamides is 1. The van der Waals surface area contributed by atoms with Gasteiger partial charge in [-0.3, -0.25) is 0 Å². The molecule has 0 aliphatic heterocycles. The van der Waals surface area contributed by atoms with Gasteiger partial charge in [-0.25, -0.2) is 17.9 Å². The highest BCUT2D eigenvalue weighted by Gasteiger charge is 2.27. The highest BCUT2D eigenvalue weighted by Crippen LogP contribution is 2.29. The van der Waals surface area contributed by atoms with Gasteiger partial charge in [0.15, 0.2) is 0 Å². The van der Waals surface area contributed by atoms with Crippen LogP contribution >= 0.6 is 0 Å². The fourth-order valence-corrected chi connectivity index (χ4v) is 3.80. The van der Waals surface area contributed by atoms with Gasteiger partial charge in [0.25, 0.3) is 0 Å². The quantitative estimate of drug-likeness (QED) is 0.841.